The molecule has 0 amide bonds. The zero-order chi connectivity index (χ0) is 13.7. The van der Waals surface area contributed by atoms with Crippen LogP contribution in [0.5, 0.6) is 5.75 Å². The number of hydrogen-bond donors (Lipinski definition) is 1. The fraction of sp³-hybridized carbons (Fsp3) is 0.462. The summed E-state index contributed by atoms with van der Waals surface area (Å²) >= 11 is 0. The first-order chi connectivity index (χ1) is 8.45. The van der Waals surface area contributed by atoms with Gasteiger partial charge < -0.3 is 15.2 Å². The van der Waals surface area contributed by atoms with Crippen molar-refractivity contribution in [2.45, 2.75) is 32.9 Å². The van der Waals surface area contributed by atoms with Gasteiger partial charge in [-0.3, -0.25) is 0 Å². The van der Waals surface area contributed by atoms with E-state index in [0.29, 0.717) is 11.3 Å². The molecule has 2 unspecified atom stereocenters. The second-order valence-electron chi connectivity index (χ2n) is 3.98. The van der Waals surface area contributed by atoms with Crippen LogP contribution in [0, 0.1) is 5.82 Å². The van der Waals surface area contributed by atoms with E-state index in [1.807, 2.05) is 0 Å². The number of halogens is 1. The van der Waals surface area contributed by atoms with E-state index >= 15 is 0 Å². The molecule has 2 atom stereocenters. The summed E-state index contributed by atoms with van der Waals surface area (Å²) in [7, 11) is 0. The number of rotatable bonds is 5. The summed E-state index contributed by atoms with van der Waals surface area (Å²) in [5, 5.41) is 0. The van der Waals surface area contributed by atoms with Crippen LogP contribution in [0.4, 0.5) is 4.39 Å². The monoisotopic (exact) mass is 255 g/mol. The number of ether oxygens (including phenoxy) is 2. The quantitative estimate of drug-likeness (QED) is 0.819. The largest absolute Gasteiger partial charge is 0.479 e. The number of hydrogen-bond acceptors (Lipinski definition) is 4. The highest BCUT2D eigenvalue weighted by molar-refractivity contribution is 5.74. The molecule has 0 aliphatic heterocycles. The van der Waals surface area contributed by atoms with Gasteiger partial charge in [0.25, 0.3) is 0 Å². The molecule has 0 bridgehead atoms. The Bertz CT molecular complexity index is 421. The molecule has 4 nitrogen and oxygen atoms in total. The number of esters is 1. The van der Waals surface area contributed by atoms with Crippen molar-refractivity contribution in [2.75, 3.05) is 6.61 Å². The number of nitrogens with two attached hydrogens (primary N) is 1. The first kappa shape index (κ1) is 14.4. The van der Waals surface area contributed by atoms with E-state index in [9.17, 15) is 9.18 Å². The molecule has 0 aliphatic rings. The molecule has 0 aliphatic carbocycles. The van der Waals surface area contributed by atoms with Gasteiger partial charge in [-0.15, -0.1) is 0 Å². The molecule has 1 aromatic carbocycles. The van der Waals surface area contributed by atoms with Crippen LogP contribution in [0.2, 0.25) is 0 Å². The highest BCUT2D eigenvalue weighted by Gasteiger charge is 2.18. The summed E-state index contributed by atoms with van der Waals surface area (Å²) in [4.78, 5) is 11.4. The van der Waals surface area contributed by atoms with Crippen molar-refractivity contribution >= 4 is 5.97 Å². The summed E-state index contributed by atoms with van der Waals surface area (Å²) < 4.78 is 23.4. The van der Waals surface area contributed by atoms with Gasteiger partial charge in [-0.2, -0.15) is 0 Å². The Morgan fingerprint density at radius 3 is 2.67 bits per heavy atom. The average molecular weight is 255 g/mol. The van der Waals surface area contributed by atoms with Gasteiger partial charge in [-0.1, -0.05) is 0 Å². The van der Waals surface area contributed by atoms with E-state index < -0.39 is 17.9 Å². The van der Waals surface area contributed by atoms with E-state index in [2.05, 4.69) is 0 Å². The van der Waals surface area contributed by atoms with Crippen molar-refractivity contribution in [3.63, 3.8) is 0 Å². The van der Waals surface area contributed by atoms with Crippen molar-refractivity contribution in [3.05, 3.63) is 29.6 Å². The minimum absolute atomic E-state index is 0.288. The maximum atomic E-state index is 13.1. The molecule has 0 fully saturated rings. The van der Waals surface area contributed by atoms with Crippen LogP contribution >= 0.6 is 0 Å². The first-order valence-electron chi connectivity index (χ1n) is 5.84. The minimum Gasteiger partial charge on any atom is -0.479 e. The van der Waals surface area contributed by atoms with Crippen LogP contribution in [-0.2, 0) is 9.53 Å². The molecule has 0 heterocycles. The lowest BCUT2D eigenvalue weighted by Gasteiger charge is -2.18. The van der Waals surface area contributed by atoms with E-state index in [4.69, 9.17) is 15.2 Å². The van der Waals surface area contributed by atoms with E-state index in [-0.39, 0.29) is 12.6 Å². The van der Waals surface area contributed by atoms with Gasteiger partial charge in [0.15, 0.2) is 6.10 Å². The van der Waals surface area contributed by atoms with Gasteiger partial charge >= 0.3 is 5.97 Å². The molecule has 1 rings (SSSR count). The molecule has 18 heavy (non-hydrogen) atoms. The molecule has 0 saturated heterocycles. The van der Waals surface area contributed by atoms with E-state index in [1.54, 1.807) is 20.8 Å². The van der Waals surface area contributed by atoms with Crippen LogP contribution in [0.15, 0.2) is 18.2 Å². The van der Waals surface area contributed by atoms with Gasteiger partial charge in [0, 0.05) is 11.6 Å². The van der Waals surface area contributed by atoms with Crippen LogP contribution < -0.4 is 10.5 Å². The van der Waals surface area contributed by atoms with Gasteiger partial charge in [0.2, 0.25) is 0 Å². The van der Waals surface area contributed by atoms with Crippen molar-refractivity contribution < 1.29 is 18.7 Å². The highest BCUT2D eigenvalue weighted by Crippen LogP contribution is 2.25. The molecule has 2 N–H and O–H groups in total. The lowest BCUT2D eigenvalue weighted by Crippen LogP contribution is -2.26. The lowest BCUT2D eigenvalue weighted by atomic mass is 10.1. The van der Waals surface area contributed by atoms with Crippen molar-refractivity contribution in [1.82, 2.24) is 0 Å². The third-order valence-electron chi connectivity index (χ3n) is 2.38. The zero-order valence-corrected chi connectivity index (χ0v) is 10.8. The zero-order valence-electron chi connectivity index (χ0n) is 10.8. The van der Waals surface area contributed by atoms with Crippen molar-refractivity contribution in [3.8, 4) is 5.75 Å². The molecule has 0 saturated carbocycles. The van der Waals surface area contributed by atoms with Gasteiger partial charge in [0.05, 0.1) is 6.61 Å². The van der Waals surface area contributed by atoms with E-state index in [0.717, 1.165) is 0 Å². The SMILES string of the molecule is CCOC(=O)C(C)Oc1ccc(F)cc1C(C)N. The van der Waals surface area contributed by atoms with E-state index in [1.165, 1.54) is 18.2 Å². The maximum Gasteiger partial charge on any atom is 0.347 e. The molecule has 1 aromatic rings. The maximum absolute atomic E-state index is 13.1. The topological polar surface area (TPSA) is 61.5 Å². The normalized spacial score (nSPS) is 13.8. The third-order valence-corrected chi connectivity index (χ3v) is 2.38. The molecule has 0 spiro atoms. The summed E-state index contributed by atoms with van der Waals surface area (Å²) in [6.07, 6.45) is -0.757. The summed E-state index contributed by atoms with van der Waals surface area (Å²) in [6.45, 7) is 5.30. The van der Waals surface area contributed by atoms with Gasteiger partial charge in [-0.05, 0) is 39.0 Å². The predicted octanol–water partition coefficient (Wildman–Crippen LogP) is 2.18. The molecular weight excluding hydrogens is 237 g/mol. The van der Waals surface area contributed by atoms with Gasteiger partial charge in [-0.25, -0.2) is 9.18 Å². The second kappa shape index (κ2) is 6.35. The minimum atomic E-state index is -0.757. The van der Waals surface area contributed by atoms with Crippen LogP contribution in [-0.4, -0.2) is 18.7 Å². The average Bonchev–Trinajstić information content (AvgIpc) is 2.31. The summed E-state index contributed by atoms with van der Waals surface area (Å²) in [6, 6.07) is 3.64. The Labute approximate surface area is 106 Å². The third kappa shape index (κ3) is 3.70. The standard InChI is InChI=1S/C13H18FNO3/c1-4-17-13(16)9(3)18-12-6-5-10(14)7-11(12)8(2)15/h5-9H,4,15H2,1-3H3. The summed E-state index contributed by atoms with van der Waals surface area (Å²) in [5.41, 5.74) is 6.25. The number of benzene rings is 1. The molecule has 5 heteroatoms. The fourth-order valence-corrected chi connectivity index (χ4v) is 1.48. The Balaban J connectivity index is 2.87. The molecular formula is C13H18FNO3. The summed E-state index contributed by atoms with van der Waals surface area (Å²) in [5.74, 6) is -0.456. The Hall–Kier alpha value is -1.62. The number of carbonyl (C=O) groups excluding carboxylic acids is 1. The Kier molecular flexibility index (Phi) is 5.09. The highest BCUT2D eigenvalue weighted by atomic mass is 19.1. The second-order valence-corrected chi connectivity index (χ2v) is 3.98. The van der Waals surface area contributed by atoms with Crippen LogP contribution in [0.1, 0.15) is 32.4 Å². The number of carbonyl (C=O) groups is 1. The molecule has 0 radical (unpaired) electrons. The first-order valence-corrected chi connectivity index (χ1v) is 5.84. The smallest absolute Gasteiger partial charge is 0.347 e. The Morgan fingerprint density at radius 2 is 2.11 bits per heavy atom. The van der Waals surface area contributed by atoms with Gasteiger partial charge in [0.1, 0.15) is 11.6 Å². The fourth-order valence-electron chi connectivity index (χ4n) is 1.48. The molecule has 100 valence electrons. The Morgan fingerprint density at radius 1 is 1.44 bits per heavy atom. The lowest BCUT2D eigenvalue weighted by molar-refractivity contribution is -0.150. The van der Waals surface area contributed by atoms with Crippen molar-refractivity contribution in [2.24, 2.45) is 5.73 Å². The van der Waals surface area contributed by atoms with Crippen molar-refractivity contribution in [1.29, 1.82) is 0 Å². The molecule has 0 aromatic heterocycles. The predicted molar refractivity (Wildman–Crippen MR) is 65.7 cm³/mol. The van der Waals surface area contributed by atoms with Crippen LogP contribution in [0.3, 0.4) is 0 Å². The van der Waals surface area contributed by atoms with Crippen LogP contribution in [0.25, 0.3) is 0 Å².